The molecule has 0 saturated carbocycles. The summed E-state index contributed by atoms with van der Waals surface area (Å²) in [6.07, 6.45) is 4.10. The van der Waals surface area contributed by atoms with E-state index in [1.54, 1.807) is 0 Å². The third-order valence-electron chi connectivity index (χ3n) is 3.03. The summed E-state index contributed by atoms with van der Waals surface area (Å²) < 4.78 is 0. The number of benzene rings is 1. The molecule has 2 heteroatoms. The third-order valence-corrected chi connectivity index (χ3v) is 3.03. The number of aromatic amines is 1. The molecule has 1 aromatic carbocycles. The minimum Gasteiger partial charge on any atom is -0.343 e. The predicted molar refractivity (Wildman–Crippen MR) is 72.8 cm³/mol. The van der Waals surface area contributed by atoms with Gasteiger partial charge >= 0.3 is 0 Å². The maximum absolute atomic E-state index is 4.23. The molecule has 1 N–H and O–H groups in total. The molecule has 0 aliphatic heterocycles. The Morgan fingerprint density at radius 1 is 1.18 bits per heavy atom. The molecule has 2 aromatic rings. The largest absolute Gasteiger partial charge is 0.343 e. The fourth-order valence-corrected chi connectivity index (χ4v) is 1.97. The Morgan fingerprint density at radius 3 is 2.35 bits per heavy atom. The van der Waals surface area contributed by atoms with Crippen LogP contribution in [0.2, 0.25) is 0 Å². The zero-order chi connectivity index (χ0) is 12.4. The molecular formula is C15H18N2. The van der Waals surface area contributed by atoms with Crippen molar-refractivity contribution >= 4 is 11.6 Å². The van der Waals surface area contributed by atoms with Gasteiger partial charge in [0, 0.05) is 0 Å². The number of allylic oxidation sites excluding steroid dienone is 1. The van der Waals surface area contributed by atoms with Gasteiger partial charge in [-0.25, -0.2) is 4.98 Å². The van der Waals surface area contributed by atoms with Crippen molar-refractivity contribution < 1.29 is 0 Å². The summed E-state index contributed by atoms with van der Waals surface area (Å²) in [5.41, 5.74) is 6.21. The van der Waals surface area contributed by atoms with E-state index in [9.17, 15) is 0 Å². The molecule has 0 bridgehead atoms. The Hall–Kier alpha value is -1.83. The smallest absolute Gasteiger partial charge is 0.103 e. The Morgan fingerprint density at radius 2 is 1.82 bits per heavy atom. The average molecular weight is 226 g/mol. The summed E-state index contributed by atoms with van der Waals surface area (Å²) in [6.45, 7) is 8.36. The lowest BCUT2D eigenvalue weighted by molar-refractivity contribution is 1.14. The van der Waals surface area contributed by atoms with Crippen molar-refractivity contribution in [3.05, 3.63) is 52.6 Å². The second-order valence-corrected chi connectivity index (χ2v) is 4.52. The number of hydrogen-bond donors (Lipinski definition) is 1. The summed E-state index contributed by atoms with van der Waals surface area (Å²) in [5.74, 6) is 0.953. The first kappa shape index (κ1) is 11.6. The SMILES string of the molecule is C/C(=C\c1c(C)cccc1C)c1cnc(C)[nH]1. The topological polar surface area (TPSA) is 28.7 Å². The Balaban J connectivity index is 2.42. The van der Waals surface area contributed by atoms with Crippen molar-refractivity contribution in [2.24, 2.45) is 0 Å². The van der Waals surface area contributed by atoms with Crippen molar-refractivity contribution in [3.63, 3.8) is 0 Å². The van der Waals surface area contributed by atoms with Gasteiger partial charge in [0.15, 0.2) is 0 Å². The Bertz CT molecular complexity index is 542. The lowest BCUT2D eigenvalue weighted by Gasteiger charge is -2.06. The number of nitrogens with zero attached hydrogens (tertiary/aromatic N) is 1. The van der Waals surface area contributed by atoms with Crippen molar-refractivity contribution in [3.8, 4) is 0 Å². The molecule has 0 aliphatic carbocycles. The summed E-state index contributed by atoms with van der Waals surface area (Å²) >= 11 is 0. The first-order chi connectivity index (χ1) is 8.08. The van der Waals surface area contributed by atoms with Crippen LogP contribution in [0.25, 0.3) is 11.6 Å². The van der Waals surface area contributed by atoms with Crippen LogP contribution in [0.3, 0.4) is 0 Å². The highest BCUT2D eigenvalue weighted by Crippen LogP contribution is 2.21. The molecule has 0 aliphatic rings. The van der Waals surface area contributed by atoms with E-state index in [1.807, 2.05) is 13.1 Å². The molecule has 0 saturated heterocycles. The number of aryl methyl sites for hydroxylation is 3. The highest BCUT2D eigenvalue weighted by Gasteiger charge is 2.03. The molecule has 17 heavy (non-hydrogen) atoms. The van der Waals surface area contributed by atoms with Gasteiger partial charge in [-0.15, -0.1) is 0 Å². The summed E-state index contributed by atoms with van der Waals surface area (Å²) in [7, 11) is 0. The molecule has 0 spiro atoms. The fourth-order valence-electron chi connectivity index (χ4n) is 1.97. The van der Waals surface area contributed by atoms with Crippen LogP contribution in [0.4, 0.5) is 0 Å². The van der Waals surface area contributed by atoms with Crippen LogP contribution in [0.15, 0.2) is 24.4 Å². The minimum absolute atomic E-state index is 0.953. The molecule has 2 rings (SSSR count). The first-order valence-corrected chi connectivity index (χ1v) is 5.84. The quantitative estimate of drug-likeness (QED) is 0.826. The second-order valence-electron chi connectivity index (χ2n) is 4.52. The van der Waals surface area contributed by atoms with Gasteiger partial charge in [-0.2, -0.15) is 0 Å². The molecule has 0 atom stereocenters. The molecule has 1 heterocycles. The van der Waals surface area contributed by atoms with Crippen molar-refractivity contribution in [1.82, 2.24) is 9.97 Å². The lowest BCUT2D eigenvalue weighted by Crippen LogP contribution is -1.87. The number of aromatic nitrogens is 2. The first-order valence-electron chi connectivity index (χ1n) is 5.84. The van der Waals surface area contributed by atoms with E-state index in [0.29, 0.717) is 0 Å². The standard InChI is InChI=1S/C15H18N2/c1-10-6-5-7-11(2)14(10)8-12(3)15-9-16-13(4)17-15/h5-9H,1-4H3,(H,16,17)/b12-8+. The van der Waals surface area contributed by atoms with E-state index < -0.39 is 0 Å². The van der Waals surface area contributed by atoms with Crippen molar-refractivity contribution in [1.29, 1.82) is 0 Å². The zero-order valence-electron chi connectivity index (χ0n) is 10.8. The molecule has 0 amide bonds. The van der Waals surface area contributed by atoms with Gasteiger partial charge in [0.1, 0.15) is 5.82 Å². The zero-order valence-corrected chi connectivity index (χ0v) is 10.8. The van der Waals surface area contributed by atoms with Crippen LogP contribution < -0.4 is 0 Å². The maximum atomic E-state index is 4.23. The average Bonchev–Trinajstić information content (AvgIpc) is 2.70. The fraction of sp³-hybridized carbons (Fsp3) is 0.267. The number of nitrogens with one attached hydrogen (secondary N) is 1. The monoisotopic (exact) mass is 226 g/mol. The van der Waals surface area contributed by atoms with E-state index in [-0.39, 0.29) is 0 Å². The molecule has 0 radical (unpaired) electrons. The normalized spacial score (nSPS) is 11.9. The van der Waals surface area contributed by atoms with Crippen LogP contribution in [0, 0.1) is 20.8 Å². The second kappa shape index (κ2) is 4.58. The molecule has 0 fully saturated rings. The van der Waals surface area contributed by atoms with Gasteiger partial charge in [0.05, 0.1) is 11.9 Å². The summed E-state index contributed by atoms with van der Waals surface area (Å²) in [6, 6.07) is 6.38. The number of H-pyrrole nitrogens is 1. The molecule has 88 valence electrons. The van der Waals surface area contributed by atoms with E-state index >= 15 is 0 Å². The molecular weight excluding hydrogens is 208 g/mol. The van der Waals surface area contributed by atoms with Crippen LogP contribution >= 0.6 is 0 Å². The van der Waals surface area contributed by atoms with E-state index in [4.69, 9.17) is 0 Å². The molecule has 1 aromatic heterocycles. The van der Waals surface area contributed by atoms with Crippen LogP contribution in [0.1, 0.15) is 35.1 Å². The lowest BCUT2D eigenvalue weighted by atomic mass is 10.0. The third kappa shape index (κ3) is 2.47. The van der Waals surface area contributed by atoms with Crippen molar-refractivity contribution in [2.45, 2.75) is 27.7 Å². The van der Waals surface area contributed by atoms with E-state index in [0.717, 1.165) is 11.5 Å². The van der Waals surface area contributed by atoms with Gasteiger partial charge in [-0.3, -0.25) is 0 Å². The highest BCUT2D eigenvalue weighted by atomic mass is 14.9. The number of hydrogen-bond acceptors (Lipinski definition) is 1. The van der Waals surface area contributed by atoms with Gasteiger partial charge < -0.3 is 4.98 Å². The van der Waals surface area contributed by atoms with Gasteiger partial charge in [0.25, 0.3) is 0 Å². The van der Waals surface area contributed by atoms with Crippen molar-refractivity contribution in [2.75, 3.05) is 0 Å². The predicted octanol–water partition coefficient (Wildman–Crippen LogP) is 3.90. The summed E-state index contributed by atoms with van der Waals surface area (Å²) in [4.78, 5) is 7.48. The van der Waals surface area contributed by atoms with Gasteiger partial charge in [0.2, 0.25) is 0 Å². The molecule has 0 unspecified atom stereocenters. The number of imidazole rings is 1. The summed E-state index contributed by atoms with van der Waals surface area (Å²) in [5, 5.41) is 0. The highest BCUT2D eigenvalue weighted by molar-refractivity contribution is 5.80. The van der Waals surface area contributed by atoms with E-state index in [1.165, 1.54) is 22.3 Å². The Kier molecular flexibility index (Phi) is 3.14. The van der Waals surface area contributed by atoms with Crippen LogP contribution in [0.5, 0.6) is 0 Å². The van der Waals surface area contributed by atoms with E-state index in [2.05, 4.69) is 55.0 Å². The van der Waals surface area contributed by atoms with Gasteiger partial charge in [-0.05, 0) is 56.0 Å². The van der Waals surface area contributed by atoms with Gasteiger partial charge in [-0.1, -0.05) is 18.2 Å². The minimum atomic E-state index is 0.953. The van der Waals surface area contributed by atoms with Crippen LogP contribution in [-0.4, -0.2) is 9.97 Å². The maximum Gasteiger partial charge on any atom is 0.103 e. The number of rotatable bonds is 2. The van der Waals surface area contributed by atoms with Crippen LogP contribution in [-0.2, 0) is 0 Å². The Labute approximate surface area is 102 Å². The molecule has 2 nitrogen and oxygen atoms in total.